The molecule has 1 saturated heterocycles. The van der Waals surface area contributed by atoms with Crippen LogP contribution in [0.1, 0.15) is 35.7 Å². The monoisotopic (exact) mass is 366 g/mol. The van der Waals surface area contributed by atoms with Crippen molar-refractivity contribution < 1.29 is 9.53 Å². The van der Waals surface area contributed by atoms with E-state index >= 15 is 0 Å². The average molecular weight is 366 g/mol. The van der Waals surface area contributed by atoms with Crippen molar-refractivity contribution in [3.63, 3.8) is 0 Å². The number of methoxy groups -OCH3 is 1. The number of hydrogen-bond acceptors (Lipinski definition) is 5. The zero-order valence-corrected chi connectivity index (χ0v) is 15.4. The summed E-state index contributed by atoms with van der Waals surface area (Å²) < 4.78 is 7.26. The van der Waals surface area contributed by atoms with Gasteiger partial charge < -0.3 is 14.2 Å². The van der Waals surface area contributed by atoms with Crippen molar-refractivity contribution in [2.75, 3.05) is 20.2 Å². The number of likely N-dealkylation sites (tertiary alicyclic amines) is 1. The first kappa shape index (κ1) is 17.3. The van der Waals surface area contributed by atoms with Crippen LogP contribution in [-0.4, -0.2) is 56.0 Å². The quantitative estimate of drug-likeness (QED) is 0.749. The molecule has 1 fully saturated rings. The second-order valence-corrected chi connectivity index (χ2v) is 6.60. The normalized spacial score (nSPS) is 16.7. The molecule has 3 heterocycles. The fraction of sp³-hybridized carbons (Fsp3) is 0.368. The Hall–Kier alpha value is -3.16. The molecule has 8 heteroatoms. The lowest BCUT2D eigenvalue weighted by Gasteiger charge is -2.16. The number of aryl methyl sites for hydroxylation is 1. The Morgan fingerprint density at radius 2 is 2.15 bits per heavy atom. The molecule has 1 aliphatic rings. The van der Waals surface area contributed by atoms with Crippen molar-refractivity contribution in [3.05, 3.63) is 48.2 Å². The number of rotatable bonds is 5. The van der Waals surface area contributed by atoms with Crippen molar-refractivity contribution in [2.24, 2.45) is 0 Å². The molecule has 4 rings (SSSR count). The van der Waals surface area contributed by atoms with Crippen molar-refractivity contribution in [3.8, 4) is 17.0 Å². The van der Waals surface area contributed by atoms with E-state index in [1.165, 1.54) is 0 Å². The van der Waals surface area contributed by atoms with Gasteiger partial charge in [0.05, 0.1) is 18.8 Å². The van der Waals surface area contributed by atoms with Crippen molar-refractivity contribution >= 4 is 5.91 Å². The molecule has 140 valence electrons. The molecule has 2 aromatic heterocycles. The van der Waals surface area contributed by atoms with E-state index < -0.39 is 0 Å². The fourth-order valence-corrected chi connectivity index (χ4v) is 3.49. The van der Waals surface area contributed by atoms with Crippen LogP contribution in [0.2, 0.25) is 0 Å². The molecule has 3 aromatic rings. The van der Waals surface area contributed by atoms with E-state index in [1.54, 1.807) is 19.5 Å². The van der Waals surface area contributed by atoms with Gasteiger partial charge >= 0.3 is 0 Å². The first-order valence-corrected chi connectivity index (χ1v) is 9.07. The second-order valence-electron chi connectivity index (χ2n) is 6.60. The van der Waals surface area contributed by atoms with Crippen LogP contribution in [-0.2, 0) is 6.42 Å². The molecule has 1 aromatic carbocycles. The molecular formula is C19H22N6O2. The van der Waals surface area contributed by atoms with Gasteiger partial charge in [-0.25, -0.2) is 0 Å². The third-order valence-corrected chi connectivity index (χ3v) is 5.00. The maximum atomic E-state index is 12.9. The van der Waals surface area contributed by atoms with E-state index in [0.29, 0.717) is 18.8 Å². The molecular weight excluding hydrogens is 344 g/mol. The van der Waals surface area contributed by atoms with Gasteiger partial charge in [0.15, 0.2) is 0 Å². The van der Waals surface area contributed by atoms with Crippen LogP contribution in [0.25, 0.3) is 11.3 Å². The van der Waals surface area contributed by atoms with E-state index in [1.807, 2.05) is 29.2 Å². The number of nitrogens with one attached hydrogen (secondary N) is 1. The zero-order chi connectivity index (χ0) is 18.8. The summed E-state index contributed by atoms with van der Waals surface area (Å²) in [6.45, 7) is 3.42. The standard InChI is InChI=1S/C19H22N6O2/c1-3-18-23-20-12-25(18)14-8-9-24(11-14)19(26)17-10-16(21-22-17)13-4-6-15(27-2)7-5-13/h4-7,10,12,14H,3,8-9,11H2,1-2H3,(H,21,22). The number of aromatic nitrogens is 5. The molecule has 8 nitrogen and oxygen atoms in total. The Morgan fingerprint density at radius 3 is 2.89 bits per heavy atom. The van der Waals surface area contributed by atoms with Crippen LogP contribution in [0.15, 0.2) is 36.7 Å². The average Bonchev–Trinajstić information content (AvgIpc) is 3.47. The summed E-state index contributed by atoms with van der Waals surface area (Å²) in [6.07, 6.45) is 3.49. The maximum Gasteiger partial charge on any atom is 0.271 e. The van der Waals surface area contributed by atoms with Crippen LogP contribution < -0.4 is 4.74 Å². The van der Waals surface area contributed by atoms with Crippen LogP contribution in [0, 0.1) is 0 Å². The number of carbonyl (C=O) groups excluding carboxylic acids is 1. The molecule has 1 N–H and O–H groups in total. The van der Waals surface area contributed by atoms with E-state index in [-0.39, 0.29) is 11.9 Å². The van der Waals surface area contributed by atoms with Crippen molar-refractivity contribution in [1.82, 2.24) is 29.9 Å². The number of amides is 1. The van der Waals surface area contributed by atoms with Gasteiger partial charge in [0.25, 0.3) is 5.91 Å². The largest absolute Gasteiger partial charge is 0.497 e. The molecule has 1 unspecified atom stereocenters. The van der Waals surface area contributed by atoms with E-state index in [2.05, 4.69) is 31.9 Å². The zero-order valence-electron chi connectivity index (χ0n) is 15.4. The van der Waals surface area contributed by atoms with Gasteiger partial charge in [-0.05, 0) is 36.8 Å². The number of nitrogens with zero attached hydrogens (tertiary/aromatic N) is 5. The highest BCUT2D eigenvalue weighted by atomic mass is 16.5. The highest BCUT2D eigenvalue weighted by Gasteiger charge is 2.30. The van der Waals surface area contributed by atoms with Gasteiger partial charge in [-0.1, -0.05) is 6.92 Å². The number of H-pyrrole nitrogens is 1. The molecule has 0 radical (unpaired) electrons. The molecule has 1 amide bonds. The first-order valence-electron chi connectivity index (χ1n) is 9.07. The Labute approximate surface area is 157 Å². The maximum absolute atomic E-state index is 12.9. The Bertz CT molecular complexity index is 930. The molecule has 0 aliphatic carbocycles. The third-order valence-electron chi connectivity index (χ3n) is 5.00. The molecule has 1 aliphatic heterocycles. The Balaban J connectivity index is 1.46. The number of benzene rings is 1. The summed E-state index contributed by atoms with van der Waals surface area (Å²) in [5, 5.41) is 15.3. The first-order chi connectivity index (χ1) is 13.2. The summed E-state index contributed by atoms with van der Waals surface area (Å²) in [4.78, 5) is 14.7. The second kappa shape index (κ2) is 7.22. The van der Waals surface area contributed by atoms with Crippen LogP contribution in [0.3, 0.4) is 0 Å². The smallest absolute Gasteiger partial charge is 0.271 e. The Morgan fingerprint density at radius 1 is 1.33 bits per heavy atom. The summed E-state index contributed by atoms with van der Waals surface area (Å²) in [5.74, 6) is 1.71. The topological polar surface area (TPSA) is 88.9 Å². The van der Waals surface area contributed by atoms with Gasteiger partial charge in [-0.2, -0.15) is 5.10 Å². The predicted octanol–water partition coefficient (Wildman–Crippen LogP) is 2.33. The molecule has 0 spiro atoms. The van der Waals surface area contributed by atoms with Gasteiger partial charge in [0, 0.05) is 25.1 Å². The summed E-state index contributed by atoms with van der Waals surface area (Å²) in [7, 11) is 1.63. The predicted molar refractivity (Wildman–Crippen MR) is 99.5 cm³/mol. The van der Waals surface area contributed by atoms with E-state index in [0.717, 1.165) is 35.7 Å². The lowest BCUT2D eigenvalue weighted by atomic mass is 10.1. The molecule has 0 saturated carbocycles. The summed E-state index contributed by atoms with van der Waals surface area (Å²) in [6, 6.07) is 9.62. The van der Waals surface area contributed by atoms with E-state index in [9.17, 15) is 4.79 Å². The third kappa shape index (κ3) is 3.30. The van der Waals surface area contributed by atoms with Gasteiger partial charge in [-0.15, -0.1) is 10.2 Å². The Kier molecular flexibility index (Phi) is 4.62. The van der Waals surface area contributed by atoms with Gasteiger partial charge in [0.2, 0.25) is 0 Å². The summed E-state index contributed by atoms with van der Waals surface area (Å²) >= 11 is 0. The lowest BCUT2D eigenvalue weighted by molar-refractivity contribution is 0.0781. The SMILES string of the molecule is CCc1nncn1C1CCN(C(=O)c2cc(-c3ccc(OC)cc3)n[nH]2)C1. The molecule has 27 heavy (non-hydrogen) atoms. The van der Waals surface area contributed by atoms with Gasteiger partial charge in [0.1, 0.15) is 23.6 Å². The fourth-order valence-electron chi connectivity index (χ4n) is 3.49. The molecule has 0 bridgehead atoms. The van der Waals surface area contributed by atoms with Crippen LogP contribution >= 0.6 is 0 Å². The number of carbonyl (C=O) groups is 1. The van der Waals surface area contributed by atoms with Gasteiger partial charge in [-0.3, -0.25) is 9.89 Å². The minimum Gasteiger partial charge on any atom is -0.497 e. The summed E-state index contributed by atoms with van der Waals surface area (Å²) in [5.41, 5.74) is 2.17. The van der Waals surface area contributed by atoms with Crippen LogP contribution in [0.4, 0.5) is 0 Å². The van der Waals surface area contributed by atoms with Crippen molar-refractivity contribution in [1.29, 1.82) is 0 Å². The number of ether oxygens (including phenoxy) is 1. The van der Waals surface area contributed by atoms with Crippen LogP contribution in [0.5, 0.6) is 5.75 Å². The minimum absolute atomic E-state index is 0.0316. The minimum atomic E-state index is -0.0316. The lowest BCUT2D eigenvalue weighted by Crippen LogP contribution is -2.29. The highest BCUT2D eigenvalue weighted by Crippen LogP contribution is 2.25. The van der Waals surface area contributed by atoms with E-state index in [4.69, 9.17) is 4.74 Å². The molecule has 1 atom stereocenters. The highest BCUT2D eigenvalue weighted by molar-refractivity contribution is 5.93. The number of aromatic amines is 1. The van der Waals surface area contributed by atoms with Crippen molar-refractivity contribution in [2.45, 2.75) is 25.8 Å². The number of hydrogen-bond donors (Lipinski definition) is 1.